The highest BCUT2D eigenvalue weighted by molar-refractivity contribution is 6.05. The molecule has 1 amide bonds. The highest BCUT2D eigenvalue weighted by atomic mass is 19.2. The van der Waals surface area contributed by atoms with Crippen LogP contribution in [0.2, 0.25) is 0 Å². The van der Waals surface area contributed by atoms with E-state index in [0.717, 1.165) is 12.1 Å². The number of carbonyl (C=O) groups excluding carboxylic acids is 1. The van der Waals surface area contributed by atoms with Crippen LogP contribution in [0.15, 0.2) is 30.5 Å². The van der Waals surface area contributed by atoms with Crippen LogP contribution < -0.4 is 10.1 Å². The Hall–Kier alpha value is -2.57. The van der Waals surface area contributed by atoms with Crippen LogP contribution in [0.5, 0.6) is 5.88 Å². The van der Waals surface area contributed by atoms with Gasteiger partial charge in [-0.05, 0) is 31.2 Å². The van der Waals surface area contributed by atoms with Gasteiger partial charge < -0.3 is 10.1 Å². The number of nitrogens with zero attached hydrogens (tertiary/aromatic N) is 1. The Balaban J connectivity index is 2.29. The molecule has 0 unspecified atom stereocenters. The molecule has 0 fully saturated rings. The monoisotopic (exact) mass is 296 g/mol. The SMILES string of the molecule is CCOc1ncccc1C(=O)Nc1ccc(F)c(F)c1F. The lowest BCUT2D eigenvalue weighted by Gasteiger charge is -2.10. The van der Waals surface area contributed by atoms with Crippen molar-refractivity contribution in [3.63, 3.8) is 0 Å². The van der Waals surface area contributed by atoms with Gasteiger partial charge in [0, 0.05) is 6.20 Å². The average molecular weight is 296 g/mol. The lowest BCUT2D eigenvalue weighted by atomic mass is 10.2. The average Bonchev–Trinajstić information content (AvgIpc) is 2.49. The van der Waals surface area contributed by atoms with Crippen molar-refractivity contribution >= 4 is 11.6 Å². The summed E-state index contributed by atoms with van der Waals surface area (Å²) in [5, 5.41) is 2.15. The number of halogens is 3. The van der Waals surface area contributed by atoms with E-state index >= 15 is 0 Å². The summed E-state index contributed by atoms with van der Waals surface area (Å²) in [6, 6.07) is 4.58. The number of hydrogen-bond acceptors (Lipinski definition) is 3. The standard InChI is InChI=1S/C14H11F3N2O2/c1-2-21-14-8(4-3-7-18-14)13(20)19-10-6-5-9(15)11(16)12(10)17/h3-7H,2H2,1H3,(H,19,20). The van der Waals surface area contributed by atoms with E-state index < -0.39 is 29.0 Å². The summed E-state index contributed by atoms with van der Waals surface area (Å²) in [6.07, 6.45) is 1.43. The van der Waals surface area contributed by atoms with Crippen molar-refractivity contribution in [2.75, 3.05) is 11.9 Å². The Bertz CT molecular complexity index is 677. The van der Waals surface area contributed by atoms with Gasteiger partial charge in [0.2, 0.25) is 5.88 Å². The molecule has 0 aliphatic heterocycles. The molecular weight excluding hydrogens is 285 g/mol. The first-order valence-corrected chi connectivity index (χ1v) is 6.07. The molecular formula is C14H11F3N2O2. The van der Waals surface area contributed by atoms with E-state index in [2.05, 4.69) is 10.3 Å². The zero-order valence-electron chi connectivity index (χ0n) is 11.0. The third-order valence-corrected chi connectivity index (χ3v) is 2.58. The van der Waals surface area contributed by atoms with Crippen molar-refractivity contribution < 1.29 is 22.7 Å². The summed E-state index contributed by atoms with van der Waals surface area (Å²) in [7, 11) is 0. The third kappa shape index (κ3) is 3.13. The summed E-state index contributed by atoms with van der Waals surface area (Å²) >= 11 is 0. The summed E-state index contributed by atoms with van der Waals surface area (Å²) in [5.41, 5.74) is -0.409. The molecule has 1 aromatic heterocycles. The molecule has 21 heavy (non-hydrogen) atoms. The number of pyridine rings is 1. The van der Waals surface area contributed by atoms with E-state index in [1.165, 1.54) is 18.3 Å². The summed E-state index contributed by atoms with van der Waals surface area (Å²) < 4.78 is 44.6. The number of anilines is 1. The highest BCUT2D eigenvalue weighted by Crippen LogP contribution is 2.22. The fourth-order valence-corrected chi connectivity index (χ4v) is 1.63. The molecule has 0 bridgehead atoms. The fourth-order valence-electron chi connectivity index (χ4n) is 1.63. The molecule has 2 aromatic rings. The van der Waals surface area contributed by atoms with Crippen molar-refractivity contribution in [2.45, 2.75) is 6.92 Å². The molecule has 4 nitrogen and oxygen atoms in total. The van der Waals surface area contributed by atoms with E-state index in [1.807, 2.05) is 0 Å². The van der Waals surface area contributed by atoms with Gasteiger partial charge in [-0.25, -0.2) is 18.2 Å². The van der Waals surface area contributed by atoms with Crippen LogP contribution in [-0.4, -0.2) is 17.5 Å². The van der Waals surface area contributed by atoms with Gasteiger partial charge >= 0.3 is 0 Å². The van der Waals surface area contributed by atoms with E-state index in [0.29, 0.717) is 0 Å². The molecule has 110 valence electrons. The second kappa shape index (κ2) is 6.25. The number of nitrogens with one attached hydrogen (secondary N) is 1. The van der Waals surface area contributed by atoms with Crippen LogP contribution in [0, 0.1) is 17.5 Å². The predicted octanol–water partition coefficient (Wildman–Crippen LogP) is 3.15. The van der Waals surface area contributed by atoms with E-state index in [-0.39, 0.29) is 18.1 Å². The summed E-state index contributed by atoms with van der Waals surface area (Å²) in [6.45, 7) is 2.00. The van der Waals surface area contributed by atoms with Crippen molar-refractivity contribution in [1.29, 1.82) is 0 Å². The molecule has 1 heterocycles. The van der Waals surface area contributed by atoms with Crippen LogP contribution in [0.4, 0.5) is 18.9 Å². The first-order chi connectivity index (χ1) is 10.0. The number of carbonyl (C=O) groups is 1. The minimum atomic E-state index is -1.65. The Morgan fingerprint density at radius 3 is 2.71 bits per heavy atom. The van der Waals surface area contributed by atoms with Crippen LogP contribution >= 0.6 is 0 Å². The molecule has 2 rings (SSSR count). The normalized spacial score (nSPS) is 10.3. The molecule has 1 aromatic carbocycles. The largest absolute Gasteiger partial charge is 0.477 e. The smallest absolute Gasteiger partial charge is 0.261 e. The van der Waals surface area contributed by atoms with Crippen LogP contribution in [-0.2, 0) is 0 Å². The molecule has 0 aliphatic carbocycles. The van der Waals surface area contributed by atoms with Gasteiger partial charge in [0.05, 0.1) is 12.3 Å². The van der Waals surface area contributed by atoms with Crippen molar-refractivity contribution in [2.24, 2.45) is 0 Å². The lowest BCUT2D eigenvalue weighted by molar-refractivity contribution is 0.102. The lowest BCUT2D eigenvalue weighted by Crippen LogP contribution is -2.16. The molecule has 0 radical (unpaired) electrons. The summed E-state index contributed by atoms with van der Waals surface area (Å²) in [5.74, 6) is -5.12. The number of aromatic nitrogens is 1. The fraction of sp³-hybridized carbons (Fsp3) is 0.143. The minimum Gasteiger partial charge on any atom is -0.477 e. The zero-order chi connectivity index (χ0) is 15.4. The number of benzene rings is 1. The molecule has 0 saturated heterocycles. The maximum atomic E-state index is 13.5. The predicted molar refractivity (Wildman–Crippen MR) is 69.7 cm³/mol. The Morgan fingerprint density at radius 1 is 1.24 bits per heavy atom. The topological polar surface area (TPSA) is 51.2 Å². The zero-order valence-corrected chi connectivity index (χ0v) is 11.0. The maximum Gasteiger partial charge on any atom is 0.261 e. The molecule has 0 atom stereocenters. The second-order valence-corrected chi connectivity index (χ2v) is 3.97. The highest BCUT2D eigenvalue weighted by Gasteiger charge is 2.18. The molecule has 0 aliphatic rings. The van der Waals surface area contributed by atoms with Crippen LogP contribution in [0.25, 0.3) is 0 Å². The van der Waals surface area contributed by atoms with Gasteiger partial charge in [-0.2, -0.15) is 0 Å². The quantitative estimate of drug-likeness (QED) is 0.882. The Labute approximate surface area is 118 Å². The molecule has 0 spiro atoms. The minimum absolute atomic E-state index is 0.0588. The van der Waals surface area contributed by atoms with Gasteiger partial charge in [-0.3, -0.25) is 4.79 Å². The van der Waals surface area contributed by atoms with Gasteiger partial charge in [-0.15, -0.1) is 0 Å². The van der Waals surface area contributed by atoms with Crippen LogP contribution in [0.3, 0.4) is 0 Å². The molecule has 1 N–H and O–H groups in total. The summed E-state index contributed by atoms with van der Waals surface area (Å²) in [4.78, 5) is 15.9. The molecule has 7 heteroatoms. The van der Waals surface area contributed by atoms with E-state index in [4.69, 9.17) is 4.74 Å². The molecule has 0 saturated carbocycles. The number of ether oxygens (including phenoxy) is 1. The third-order valence-electron chi connectivity index (χ3n) is 2.58. The van der Waals surface area contributed by atoms with Crippen molar-refractivity contribution in [3.05, 3.63) is 53.5 Å². The Kier molecular flexibility index (Phi) is 4.42. The van der Waals surface area contributed by atoms with Gasteiger partial charge in [0.15, 0.2) is 17.5 Å². The number of amides is 1. The first kappa shape index (κ1) is 14.8. The van der Waals surface area contributed by atoms with E-state index in [1.54, 1.807) is 6.92 Å². The Morgan fingerprint density at radius 2 is 2.00 bits per heavy atom. The number of rotatable bonds is 4. The van der Waals surface area contributed by atoms with Crippen molar-refractivity contribution in [3.8, 4) is 5.88 Å². The maximum absolute atomic E-state index is 13.5. The van der Waals surface area contributed by atoms with E-state index in [9.17, 15) is 18.0 Å². The number of hydrogen-bond donors (Lipinski definition) is 1. The van der Waals surface area contributed by atoms with Crippen LogP contribution in [0.1, 0.15) is 17.3 Å². The van der Waals surface area contributed by atoms with Gasteiger partial charge in [0.25, 0.3) is 5.91 Å². The second-order valence-electron chi connectivity index (χ2n) is 3.97. The van der Waals surface area contributed by atoms with Crippen molar-refractivity contribution in [1.82, 2.24) is 4.98 Å². The van der Waals surface area contributed by atoms with Gasteiger partial charge in [-0.1, -0.05) is 0 Å². The van der Waals surface area contributed by atoms with Gasteiger partial charge in [0.1, 0.15) is 5.56 Å². The first-order valence-electron chi connectivity index (χ1n) is 6.07.